The number of Topliss-reactive ketones (excluding diaryl/α,β-unsaturated/α-hetero) is 1. The maximum Gasteiger partial charge on any atom is 0.255 e. The summed E-state index contributed by atoms with van der Waals surface area (Å²) >= 11 is 0. The molecule has 1 aliphatic rings. The second-order valence-electron chi connectivity index (χ2n) is 6.94. The molecule has 0 saturated heterocycles. The molecule has 0 spiro atoms. The van der Waals surface area contributed by atoms with E-state index in [0.29, 0.717) is 42.1 Å². The summed E-state index contributed by atoms with van der Waals surface area (Å²) in [6.45, 7) is 4.90. The predicted molar refractivity (Wildman–Crippen MR) is 106 cm³/mol. The molecule has 1 aromatic heterocycles. The Morgan fingerprint density at radius 1 is 1.18 bits per heavy atom. The van der Waals surface area contributed by atoms with Crippen molar-refractivity contribution in [1.29, 1.82) is 0 Å². The quantitative estimate of drug-likeness (QED) is 0.753. The van der Waals surface area contributed by atoms with Crippen molar-refractivity contribution in [2.45, 2.75) is 26.8 Å². The largest absolute Gasteiger partial charge is 0.490 e. The molecule has 142 valence electrons. The van der Waals surface area contributed by atoms with Crippen LogP contribution in [-0.4, -0.2) is 28.1 Å². The van der Waals surface area contributed by atoms with Crippen LogP contribution in [0.1, 0.15) is 44.1 Å². The van der Waals surface area contributed by atoms with Crippen LogP contribution in [0.3, 0.4) is 0 Å². The third-order valence-electron chi connectivity index (χ3n) is 4.76. The van der Waals surface area contributed by atoms with Crippen molar-refractivity contribution in [3.8, 4) is 5.75 Å². The molecule has 2 aromatic carbocycles. The SMILES string of the molecule is Cc1cc(C)n(Cc2cccc(C(=O)Nc3cccc4c3OCCC4=O)c2)n1. The molecule has 0 unspecified atom stereocenters. The van der Waals surface area contributed by atoms with Crippen molar-refractivity contribution >= 4 is 17.4 Å². The minimum atomic E-state index is -0.245. The van der Waals surface area contributed by atoms with Crippen LogP contribution in [0, 0.1) is 13.8 Å². The van der Waals surface area contributed by atoms with E-state index in [4.69, 9.17) is 4.74 Å². The number of aryl methyl sites for hydroxylation is 2. The zero-order valence-corrected chi connectivity index (χ0v) is 15.9. The van der Waals surface area contributed by atoms with Crippen LogP contribution in [0.4, 0.5) is 5.69 Å². The molecule has 1 aliphatic heterocycles. The smallest absolute Gasteiger partial charge is 0.255 e. The number of carbonyl (C=O) groups excluding carboxylic acids is 2. The normalized spacial score (nSPS) is 13.0. The maximum absolute atomic E-state index is 12.8. The first-order valence-corrected chi connectivity index (χ1v) is 9.21. The number of fused-ring (bicyclic) bond motifs is 1. The average molecular weight is 375 g/mol. The number of benzene rings is 2. The van der Waals surface area contributed by atoms with Crippen LogP contribution >= 0.6 is 0 Å². The zero-order chi connectivity index (χ0) is 19.7. The summed E-state index contributed by atoms with van der Waals surface area (Å²) < 4.78 is 7.55. The molecular weight excluding hydrogens is 354 g/mol. The van der Waals surface area contributed by atoms with E-state index in [1.165, 1.54) is 0 Å². The second-order valence-corrected chi connectivity index (χ2v) is 6.94. The monoisotopic (exact) mass is 375 g/mol. The first kappa shape index (κ1) is 18.0. The third-order valence-corrected chi connectivity index (χ3v) is 4.76. The van der Waals surface area contributed by atoms with Gasteiger partial charge < -0.3 is 10.1 Å². The number of hydrogen-bond acceptors (Lipinski definition) is 4. The van der Waals surface area contributed by atoms with Gasteiger partial charge in [0.25, 0.3) is 5.91 Å². The molecule has 3 aromatic rings. The molecule has 0 radical (unpaired) electrons. The Balaban J connectivity index is 1.56. The molecule has 2 heterocycles. The second kappa shape index (κ2) is 7.31. The van der Waals surface area contributed by atoms with Gasteiger partial charge in [-0.25, -0.2) is 0 Å². The van der Waals surface area contributed by atoms with Gasteiger partial charge in [0.1, 0.15) is 0 Å². The minimum absolute atomic E-state index is 0.0317. The average Bonchev–Trinajstić information content (AvgIpc) is 2.99. The summed E-state index contributed by atoms with van der Waals surface area (Å²) in [5.41, 5.74) is 4.60. The summed E-state index contributed by atoms with van der Waals surface area (Å²) in [6.07, 6.45) is 0.360. The number of anilines is 1. The topological polar surface area (TPSA) is 73.2 Å². The van der Waals surface area contributed by atoms with Gasteiger partial charge in [-0.15, -0.1) is 0 Å². The van der Waals surface area contributed by atoms with Crippen molar-refractivity contribution in [1.82, 2.24) is 9.78 Å². The molecule has 0 saturated carbocycles. The molecule has 0 aliphatic carbocycles. The Kier molecular flexibility index (Phi) is 4.69. The van der Waals surface area contributed by atoms with Crippen LogP contribution in [0.15, 0.2) is 48.5 Å². The lowest BCUT2D eigenvalue weighted by Gasteiger charge is -2.19. The van der Waals surface area contributed by atoms with E-state index in [-0.39, 0.29) is 11.7 Å². The summed E-state index contributed by atoms with van der Waals surface area (Å²) in [6, 6.07) is 14.7. The Labute approximate surface area is 163 Å². The van der Waals surface area contributed by atoms with E-state index in [2.05, 4.69) is 10.4 Å². The molecule has 1 N–H and O–H groups in total. The van der Waals surface area contributed by atoms with Gasteiger partial charge in [0, 0.05) is 17.7 Å². The highest BCUT2D eigenvalue weighted by Gasteiger charge is 2.22. The molecule has 4 rings (SSSR count). The number of aromatic nitrogens is 2. The fourth-order valence-electron chi connectivity index (χ4n) is 3.40. The number of hydrogen-bond donors (Lipinski definition) is 1. The Bertz CT molecular complexity index is 1070. The number of rotatable bonds is 4. The molecule has 1 amide bonds. The number of nitrogens with one attached hydrogen (secondary N) is 1. The van der Waals surface area contributed by atoms with E-state index >= 15 is 0 Å². The minimum Gasteiger partial charge on any atom is -0.490 e. The third kappa shape index (κ3) is 3.53. The first-order chi connectivity index (χ1) is 13.5. The van der Waals surface area contributed by atoms with E-state index in [0.717, 1.165) is 17.0 Å². The number of carbonyl (C=O) groups is 2. The van der Waals surface area contributed by atoms with E-state index in [1.807, 2.05) is 42.8 Å². The fraction of sp³-hybridized carbons (Fsp3) is 0.227. The van der Waals surface area contributed by atoms with Crippen molar-refractivity contribution in [3.63, 3.8) is 0 Å². The summed E-state index contributed by atoms with van der Waals surface area (Å²) in [4.78, 5) is 24.8. The number of amides is 1. The molecule has 6 heteroatoms. The molecule has 28 heavy (non-hydrogen) atoms. The van der Waals surface area contributed by atoms with Gasteiger partial charge in [0.2, 0.25) is 0 Å². The Morgan fingerprint density at radius 3 is 2.79 bits per heavy atom. The van der Waals surface area contributed by atoms with E-state index in [9.17, 15) is 9.59 Å². The number of ketones is 1. The number of ether oxygens (including phenoxy) is 1. The van der Waals surface area contributed by atoms with Crippen LogP contribution < -0.4 is 10.1 Å². The Morgan fingerprint density at radius 2 is 2.00 bits per heavy atom. The number of para-hydroxylation sites is 1. The number of nitrogens with zero attached hydrogens (tertiary/aromatic N) is 2. The van der Waals surface area contributed by atoms with Crippen LogP contribution in [0.5, 0.6) is 5.75 Å². The van der Waals surface area contributed by atoms with Gasteiger partial charge in [-0.2, -0.15) is 5.10 Å². The Hall–Kier alpha value is -3.41. The highest BCUT2D eigenvalue weighted by atomic mass is 16.5. The summed E-state index contributed by atoms with van der Waals surface area (Å²) in [5, 5.41) is 7.35. The van der Waals surface area contributed by atoms with Crippen molar-refractivity contribution in [2.24, 2.45) is 0 Å². The summed E-state index contributed by atoms with van der Waals surface area (Å²) in [5.74, 6) is 0.236. The molecule has 6 nitrogen and oxygen atoms in total. The maximum atomic E-state index is 12.8. The fourth-order valence-corrected chi connectivity index (χ4v) is 3.40. The molecule has 0 atom stereocenters. The predicted octanol–water partition coefficient (Wildman–Crippen LogP) is 3.77. The molecule has 0 fully saturated rings. The van der Waals surface area contributed by atoms with E-state index in [1.54, 1.807) is 24.3 Å². The van der Waals surface area contributed by atoms with Gasteiger partial charge in [0.15, 0.2) is 11.5 Å². The van der Waals surface area contributed by atoms with Crippen molar-refractivity contribution in [2.75, 3.05) is 11.9 Å². The highest BCUT2D eigenvalue weighted by molar-refractivity contribution is 6.07. The van der Waals surface area contributed by atoms with Gasteiger partial charge in [-0.1, -0.05) is 18.2 Å². The van der Waals surface area contributed by atoms with Gasteiger partial charge in [0.05, 0.1) is 30.1 Å². The molecular formula is C22H21N3O3. The molecule has 0 bridgehead atoms. The van der Waals surface area contributed by atoms with Crippen LogP contribution in [0.2, 0.25) is 0 Å². The van der Waals surface area contributed by atoms with Crippen LogP contribution in [-0.2, 0) is 6.54 Å². The highest BCUT2D eigenvalue weighted by Crippen LogP contribution is 2.33. The lowest BCUT2D eigenvalue weighted by atomic mass is 10.0. The van der Waals surface area contributed by atoms with E-state index < -0.39 is 0 Å². The van der Waals surface area contributed by atoms with Crippen LogP contribution in [0.25, 0.3) is 0 Å². The lowest BCUT2D eigenvalue weighted by molar-refractivity contribution is 0.0931. The summed E-state index contributed by atoms with van der Waals surface area (Å²) in [7, 11) is 0. The first-order valence-electron chi connectivity index (χ1n) is 9.21. The standard InChI is InChI=1S/C22H21N3O3/c1-14-11-15(2)25(24-14)13-16-5-3-6-17(12-16)22(27)23-19-8-4-7-18-20(26)9-10-28-21(18)19/h3-8,11-12H,9-10,13H2,1-2H3,(H,23,27). The van der Waals surface area contributed by atoms with Gasteiger partial charge in [-0.3, -0.25) is 14.3 Å². The van der Waals surface area contributed by atoms with Gasteiger partial charge >= 0.3 is 0 Å². The van der Waals surface area contributed by atoms with Gasteiger partial charge in [-0.05, 0) is 49.7 Å². The van der Waals surface area contributed by atoms with Crippen molar-refractivity contribution < 1.29 is 14.3 Å². The zero-order valence-electron chi connectivity index (χ0n) is 15.9. The lowest BCUT2D eigenvalue weighted by Crippen LogP contribution is -2.19. The van der Waals surface area contributed by atoms with Crippen molar-refractivity contribution in [3.05, 3.63) is 76.6 Å².